The van der Waals surface area contributed by atoms with Crippen LogP contribution in [-0.2, 0) is 11.3 Å². The number of hydrogen-bond acceptors (Lipinski definition) is 4. The summed E-state index contributed by atoms with van der Waals surface area (Å²) in [7, 11) is 1.42. The maximum Gasteiger partial charge on any atom is 0.339 e. The molecule has 0 radical (unpaired) electrons. The SMILES string of the molecule is COC(=O)c1cc(C2CC2)ccc1Nc1ccc2c(cnn2Cc2ccccc2)c1. The lowest BCUT2D eigenvalue weighted by molar-refractivity contribution is 0.0602. The quantitative estimate of drug-likeness (QED) is 0.437. The Balaban J connectivity index is 1.42. The van der Waals surface area contributed by atoms with Crippen molar-refractivity contribution in [1.82, 2.24) is 9.78 Å². The van der Waals surface area contributed by atoms with Gasteiger partial charge in [-0.15, -0.1) is 0 Å². The summed E-state index contributed by atoms with van der Waals surface area (Å²) in [5.41, 5.74) is 5.72. The lowest BCUT2D eigenvalue weighted by Crippen LogP contribution is -2.06. The van der Waals surface area contributed by atoms with Crippen molar-refractivity contribution < 1.29 is 9.53 Å². The second kappa shape index (κ2) is 7.67. The fourth-order valence-corrected chi connectivity index (χ4v) is 3.82. The number of aromatic nitrogens is 2. The van der Waals surface area contributed by atoms with Crippen LogP contribution in [0.15, 0.2) is 72.9 Å². The third-order valence-electron chi connectivity index (χ3n) is 5.59. The average Bonchev–Trinajstić information content (AvgIpc) is 3.56. The molecule has 0 atom stereocenters. The molecule has 30 heavy (non-hydrogen) atoms. The average molecular weight is 397 g/mol. The van der Waals surface area contributed by atoms with E-state index in [0.717, 1.165) is 28.8 Å². The van der Waals surface area contributed by atoms with Crippen LogP contribution >= 0.6 is 0 Å². The molecular weight excluding hydrogens is 374 g/mol. The number of nitrogens with zero attached hydrogens (tertiary/aromatic N) is 2. The molecule has 0 unspecified atom stereocenters. The number of rotatable bonds is 6. The van der Waals surface area contributed by atoms with Gasteiger partial charge in [0.25, 0.3) is 0 Å². The summed E-state index contributed by atoms with van der Waals surface area (Å²) >= 11 is 0. The van der Waals surface area contributed by atoms with E-state index in [9.17, 15) is 4.79 Å². The smallest absolute Gasteiger partial charge is 0.339 e. The number of carbonyl (C=O) groups excluding carboxylic acids is 1. The predicted octanol–water partition coefficient (Wildman–Crippen LogP) is 5.49. The van der Waals surface area contributed by atoms with Crippen molar-refractivity contribution in [3.05, 3.63) is 89.6 Å². The lowest BCUT2D eigenvalue weighted by atomic mass is 10.0. The van der Waals surface area contributed by atoms with E-state index in [1.54, 1.807) is 0 Å². The summed E-state index contributed by atoms with van der Waals surface area (Å²) in [6.07, 6.45) is 4.26. The number of benzene rings is 3. The van der Waals surface area contributed by atoms with Crippen molar-refractivity contribution in [3.63, 3.8) is 0 Å². The first-order chi connectivity index (χ1) is 14.7. The van der Waals surface area contributed by atoms with E-state index < -0.39 is 0 Å². The zero-order valence-electron chi connectivity index (χ0n) is 16.8. The first kappa shape index (κ1) is 18.4. The number of hydrogen-bond donors (Lipinski definition) is 1. The Morgan fingerprint density at radius 1 is 1.10 bits per heavy atom. The van der Waals surface area contributed by atoms with Crippen LogP contribution in [0.4, 0.5) is 11.4 Å². The number of anilines is 2. The maximum atomic E-state index is 12.3. The van der Waals surface area contributed by atoms with Crippen LogP contribution in [0.25, 0.3) is 10.9 Å². The van der Waals surface area contributed by atoms with Crippen molar-refractivity contribution >= 4 is 28.2 Å². The number of nitrogens with one attached hydrogen (secondary N) is 1. The molecule has 0 spiro atoms. The third kappa shape index (κ3) is 3.66. The van der Waals surface area contributed by atoms with Crippen LogP contribution in [0.3, 0.4) is 0 Å². The summed E-state index contributed by atoms with van der Waals surface area (Å²) in [5.74, 6) is 0.256. The van der Waals surface area contributed by atoms with Gasteiger partial charge < -0.3 is 10.1 Å². The highest BCUT2D eigenvalue weighted by atomic mass is 16.5. The Kier molecular flexibility index (Phi) is 4.71. The van der Waals surface area contributed by atoms with Crippen LogP contribution in [0, 0.1) is 0 Å². The van der Waals surface area contributed by atoms with Gasteiger partial charge in [0.2, 0.25) is 0 Å². The van der Waals surface area contributed by atoms with Crippen molar-refractivity contribution in [2.45, 2.75) is 25.3 Å². The lowest BCUT2D eigenvalue weighted by Gasteiger charge is -2.13. The number of ether oxygens (including phenoxy) is 1. The van der Waals surface area contributed by atoms with Gasteiger partial charge in [-0.3, -0.25) is 4.68 Å². The maximum absolute atomic E-state index is 12.3. The molecule has 4 aromatic rings. The van der Waals surface area contributed by atoms with E-state index in [4.69, 9.17) is 4.74 Å². The molecule has 0 saturated heterocycles. The van der Waals surface area contributed by atoms with Crippen LogP contribution in [0.2, 0.25) is 0 Å². The highest BCUT2D eigenvalue weighted by Gasteiger charge is 2.25. The van der Waals surface area contributed by atoms with Gasteiger partial charge >= 0.3 is 5.97 Å². The first-order valence-electron chi connectivity index (χ1n) is 10.2. The first-order valence-corrected chi connectivity index (χ1v) is 10.2. The topological polar surface area (TPSA) is 56.1 Å². The van der Waals surface area contributed by atoms with Gasteiger partial charge in [0.1, 0.15) is 0 Å². The van der Waals surface area contributed by atoms with Gasteiger partial charge in [0, 0.05) is 11.1 Å². The molecule has 1 fully saturated rings. The monoisotopic (exact) mass is 397 g/mol. The fraction of sp³-hybridized carbons (Fsp3) is 0.200. The molecule has 1 aliphatic carbocycles. The third-order valence-corrected chi connectivity index (χ3v) is 5.59. The van der Waals surface area contributed by atoms with E-state index in [-0.39, 0.29) is 5.97 Å². The second-order valence-corrected chi connectivity index (χ2v) is 7.76. The van der Waals surface area contributed by atoms with Gasteiger partial charge in [-0.25, -0.2) is 4.79 Å². The van der Waals surface area contributed by atoms with Crippen LogP contribution < -0.4 is 5.32 Å². The fourth-order valence-electron chi connectivity index (χ4n) is 3.82. The van der Waals surface area contributed by atoms with Crippen molar-refractivity contribution in [2.24, 2.45) is 0 Å². The summed E-state index contributed by atoms with van der Waals surface area (Å²) in [6, 6.07) is 22.5. The molecule has 0 aliphatic heterocycles. The minimum absolute atomic E-state index is 0.322. The Hall–Kier alpha value is -3.60. The molecule has 0 amide bonds. The van der Waals surface area contributed by atoms with Crippen molar-refractivity contribution in [1.29, 1.82) is 0 Å². The second-order valence-electron chi connectivity index (χ2n) is 7.76. The van der Waals surface area contributed by atoms with Gasteiger partial charge in [0.15, 0.2) is 0 Å². The number of carbonyl (C=O) groups is 1. The molecule has 5 rings (SSSR count). The summed E-state index contributed by atoms with van der Waals surface area (Å²) in [4.78, 5) is 12.3. The van der Waals surface area contributed by atoms with E-state index in [1.807, 2.05) is 47.3 Å². The van der Waals surface area contributed by atoms with Crippen LogP contribution in [0.5, 0.6) is 0 Å². The number of fused-ring (bicyclic) bond motifs is 1. The van der Waals surface area contributed by atoms with Gasteiger partial charge in [-0.05, 0) is 60.2 Å². The summed E-state index contributed by atoms with van der Waals surface area (Å²) in [6.45, 7) is 0.728. The van der Waals surface area contributed by atoms with Gasteiger partial charge in [0.05, 0.1) is 36.6 Å². The van der Waals surface area contributed by atoms with Crippen LogP contribution in [0.1, 0.15) is 40.2 Å². The molecule has 0 bridgehead atoms. The normalized spacial score (nSPS) is 13.4. The van der Waals surface area contributed by atoms with E-state index >= 15 is 0 Å². The molecular formula is C25H23N3O2. The van der Waals surface area contributed by atoms with Crippen LogP contribution in [-0.4, -0.2) is 22.9 Å². The van der Waals surface area contributed by atoms with Gasteiger partial charge in [-0.1, -0.05) is 36.4 Å². The molecule has 5 nitrogen and oxygen atoms in total. The Morgan fingerprint density at radius 2 is 1.93 bits per heavy atom. The molecule has 1 aliphatic rings. The molecule has 1 heterocycles. The zero-order chi connectivity index (χ0) is 20.5. The standard InChI is InChI=1S/C25H23N3O2/c1-30-25(29)22-14-19(18-7-8-18)9-11-23(22)27-21-10-12-24-20(13-21)15-26-28(24)16-17-5-3-2-4-6-17/h2-6,9-15,18,27H,7-8,16H2,1H3. The Morgan fingerprint density at radius 3 is 2.70 bits per heavy atom. The van der Waals surface area contributed by atoms with Gasteiger partial charge in [-0.2, -0.15) is 5.10 Å². The largest absolute Gasteiger partial charge is 0.465 e. The summed E-state index contributed by atoms with van der Waals surface area (Å²) < 4.78 is 7.01. The molecule has 5 heteroatoms. The molecule has 1 aromatic heterocycles. The molecule has 150 valence electrons. The minimum Gasteiger partial charge on any atom is -0.465 e. The minimum atomic E-state index is -0.322. The molecule has 3 aromatic carbocycles. The Bertz CT molecular complexity index is 1210. The Labute approximate surface area is 175 Å². The zero-order valence-corrected chi connectivity index (χ0v) is 16.8. The van der Waals surface area contributed by atoms with E-state index in [2.05, 4.69) is 40.7 Å². The molecule has 1 saturated carbocycles. The molecule has 1 N–H and O–H groups in total. The van der Waals surface area contributed by atoms with E-state index in [1.165, 1.54) is 31.1 Å². The van der Waals surface area contributed by atoms with E-state index in [0.29, 0.717) is 11.5 Å². The summed E-state index contributed by atoms with van der Waals surface area (Å²) in [5, 5.41) is 8.98. The highest BCUT2D eigenvalue weighted by molar-refractivity contribution is 5.97. The number of esters is 1. The van der Waals surface area contributed by atoms with Crippen molar-refractivity contribution in [3.8, 4) is 0 Å². The number of methoxy groups -OCH3 is 1. The predicted molar refractivity (Wildman–Crippen MR) is 118 cm³/mol. The highest BCUT2D eigenvalue weighted by Crippen LogP contribution is 2.41. The van der Waals surface area contributed by atoms with Crippen molar-refractivity contribution in [2.75, 3.05) is 12.4 Å².